The fourth-order valence-corrected chi connectivity index (χ4v) is 7.45. The third kappa shape index (κ3) is 17.2. The van der Waals surface area contributed by atoms with Crippen molar-refractivity contribution in [1.29, 1.82) is 0 Å². The van der Waals surface area contributed by atoms with Gasteiger partial charge in [0.15, 0.2) is 0 Å². The maximum Gasteiger partial charge on any atom is 0.410 e. The zero-order valence-corrected chi connectivity index (χ0v) is 42.6. The Morgan fingerprint density at radius 2 is 1.43 bits per heavy atom. The van der Waals surface area contributed by atoms with Gasteiger partial charge in [-0.1, -0.05) is 39.8 Å². The number of carbonyl (C=O) groups excluding carboxylic acids is 3. The van der Waals surface area contributed by atoms with Crippen LogP contribution < -0.4 is 47.9 Å². The maximum atomic E-state index is 12.5. The minimum Gasteiger partial charge on any atom is -0.444 e. The monoisotopic (exact) mass is 961 g/mol. The van der Waals surface area contributed by atoms with Crippen LogP contribution in [0.1, 0.15) is 100 Å². The van der Waals surface area contributed by atoms with E-state index in [0.29, 0.717) is 66.2 Å². The Kier molecular flexibility index (Phi) is 20.3. The van der Waals surface area contributed by atoms with Crippen LogP contribution in [0.5, 0.6) is 0 Å². The highest BCUT2D eigenvalue weighted by molar-refractivity contribution is 6.28. The number of carbonyl (C=O) groups is 3. The summed E-state index contributed by atoms with van der Waals surface area (Å²) in [5.41, 5.74) is 14.3. The molecule has 0 spiro atoms. The molecule has 0 saturated carbocycles. The lowest BCUT2D eigenvalue weighted by atomic mass is 10.1. The Bertz CT molecular complexity index is 2300. The highest BCUT2D eigenvalue weighted by Gasteiger charge is 2.34. The summed E-state index contributed by atoms with van der Waals surface area (Å²) in [5.74, 6) is 2.45. The zero-order chi connectivity index (χ0) is 50.3. The molecule has 68 heavy (non-hydrogen) atoms. The van der Waals surface area contributed by atoms with Crippen LogP contribution in [0, 0.1) is 25.7 Å². The molecular weight excluding hydrogens is 888 g/mol. The number of nitrogens with zero attached hydrogens (tertiary/aromatic N) is 9. The number of nitrogens with one attached hydrogen (secondary N) is 5. The van der Waals surface area contributed by atoms with E-state index < -0.39 is 17.4 Å². The second-order valence-electron chi connectivity index (χ2n) is 18.8. The SMILES string of the molecule is CCN(c1nc(Cl)nc(Nc2cc(C(N)=O)ccc2C)n1)[C@@H]1CCN(C(=O)OC(C)(C)C)C1.CNCC(C)C.Cc1ccc(C(N)=O)cc1Nc1nc(N[C@@H]2CCNC2)nc(N(C)CC(C)C)n1. The fraction of sp³-hybridized carbons (Fsp3) is 0.553. The number of rotatable bonds is 16. The molecule has 0 radical (unpaired) electrons. The lowest BCUT2D eigenvalue weighted by molar-refractivity contribution is 0.0292. The summed E-state index contributed by atoms with van der Waals surface area (Å²) in [5, 5.41) is 16.2. The second-order valence-corrected chi connectivity index (χ2v) is 19.1. The normalized spacial score (nSPS) is 15.5. The summed E-state index contributed by atoms with van der Waals surface area (Å²) in [6.45, 7) is 25.5. The van der Waals surface area contributed by atoms with Gasteiger partial charge in [0.25, 0.3) is 0 Å². The molecule has 2 saturated heterocycles. The van der Waals surface area contributed by atoms with Crippen LogP contribution in [0.3, 0.4) is 0 Å². The predicted octanol–water partition coefficient (Wildman–Crippen LogP) is 6.26. The van der Waals surface area contributed by atoms with Gasteiger partial charge in [-0.15, -0.1) is 0 Å². The number of aromatic nitrogens is 6. The molecule has 2 fully saturated rings. The number of primary amides is 2. The van der Waals surface area contributed by atoms with Crippen LogP contribution in [-0.4, -0.2) is 130 Å². The molecule has 4 heterocycles. The van der Waals surface area contributed by atoms with Gasteiger partial charge in [-0.05, 0) is 133 Å². The van der Waals surface area contributed by atoms with Crippen molar-refractivity contribution in [1.82, 2.24) is 45.4 Å². The third-order valence-electron chi connectivity index (χ3n) is 10.6. The lowest BCUT2D eigenvalue weighted by Gasteiger charge is -2.29. The van der Waals surface area contributed by atoms with Crippen LogP contribution in [0.2, 0.25) is 5.28 Å². The van der Waals surface area contributed by atoms with E-state index in [9.17, 15) is 14.4 Å². The molecule has 0 aliphatic carbocycles. The van der Waals surface area contributed by atoms with Gasteiger partial charge < -0.3 is 57.5 Å². The molecular formula is C47H73ClN16O4. The topological polar surface area (TPSA) is 260 Å². The Labute approximate surface area is 406 Å². The van der Waals surface area contributed by atoms with E-state index in [1.807, 2.05) is 71.5 Å². The van der Waals surface area contributed by atoms with Gasteiger partial charge in [0, 0.05) is 68.3 Å². The molecule has 372 valence electrons. The van der Waals surface area contributed by atoms with Crippen molar-refractivity contribution < 1.29 is 19.1 Å². The first-order chi connectivity index (χ1) is 32.0. The number of aryl methyl sites for hydroxylation is 2. The zero-order valence-electron chi connectivity index (χ0n) is 41.8. The molecule has 20 nitrogen and oxygen atoms in total. The first-order valence-electron chi connectivity index (χ1n) is 23.2. The first kappa shape index (κ1) is 54.5. The number of ether oxygens (including phenoxy) is 1. The van der Waals surface area contributed by atoms with Crippen LogP contribution in [-0.2, 0) is 4.74 Å². The van der Waals surface area contributed by atoms with Crippen molar-refractivity contribution in [3.8, 4) is 0 Å². The lowest BCUT2D eigenvalue weighted by Crippen LogP contribution is -2.41. The van der Waals surface area contributed by atoms with Gasteiger partial charge in [-0.25, -0.2) is 4.79 Å². The molecule has 2 aromatic carbocycles. The van der Waals surface area contributed by atoms with Crippen LogP contribution >= 0.6 is 11.6 Å². The second kappa shape index (κ2) is 25.3. The van der Waals surface area contributed by atoms with Crippen molar-refractivity contribution in [2.24, 2.45) is 23.3 Å². The number of amides is 3. The Balaban J connectivity index is 0.000000266. The van der Waals surface area contributed by atoms with Crippen LogP contribution in [0.25, 0.3) is 0 Å². The molecule has 0 unspecified atom stereocenters. The molecule has 4 aromatic rings. The van der Waals surface area contributed by atoms with E-state index >= 15 is 0 Å². The highest BCUT2D eigenvalue weighted by atomic mass is 35.5. The summed E-state index contributed by atoms with van der Waals surface area (Å²) in [6, 6.07) is 10.6. The van der Waals surface area contributed by atoms with Crippen molar-refractivity contribution in [3.63, 3.8) is 0 Å². The van der Waals surface area contributed by atoms with Gasteiger partial charge in [-0.2, -0.15) is 29.9 Å². The molecule has 9 N–H and O–H groups in total. The number of hydrogen-bond donors (Lipinski definition) is 7. The Morgan fingerprint density at radius 1 is 0.853 bits per heavy atom. The quantitative estimate of drug-likeness (QED) is 0.0653. The number of nitrogens with two attached hydrogens (primary N) is 2. The van der Waals surface area contributed by atoms with E-state index in [4.69, 9.17) is 27.8 Å². The number of anilines is 7. The van der Waals surface area contributed by atoms with Crippen LogP contribution in [0.4, 0.5) is 45.9 Å². The van der Waals surface area contributed by atoms with Crippen molar-refractivity contribution >= 4 is 70.6 Å². The van der Waals surface area contributed by atoms with E-state index in [2.05, 4.69) is 84.2 Å². The minimum absolute atomic E-state index is 0.00811. The van der Waals surface area contributed by atoms with E-state index in [1.165, 1.54) is 0 Å². The standard InChI is InChI=1S/C22H30ClN7O3.C20H30N8O.C5H13N/c1-6-30(15-9-10-29(12-15)21(32)33-22(3,4)5)20-27-18(23)26-19(28-20)25-16-11-14(17(24)31)8-7-13(16)2;1-12(2)11-28(4)20-26-18(23-15-7-8-22-10-15)25-19(27-20)24-16-9-14(17(21)29)6-5-13(16)3;1-5(2)4-6-3/h7-8,11,15H,6,9-10,12H2,1-5H3,(H2,24,31)(H,25,26,27,28);5-6,9,12,15,22H,7-8,10-11H2,1-4H3,(H2,21,29)(H2,23,24,25,26,27);5-6H,4H2,1-3H3/t2*15-;/m11./s1. The van der Waals surface area contributed by atoms with Crippen LogP contribution in [0.15, 0.2) is 36.4 Å². The molecule has 2 atom stereocenters. The average Bonchev–Trinajstić information content (AvgIpc) is 3.95. The summed E-state index contributed by atoms with van der Waals surface area (Å²) >= 11 is 6.21. The molecule has 6 rings (SSSR count). The highest BCUT2D eigenvalue weighted by Crippen LogP contribution is 2.27. The maximum absolute atomic E-state index is 12.5. The smallest absolute Gasteiger partial charge is 0.410 e. The number of likely N-dealkylation sites (tertiary alicyclic amines) is 1. The van der Waals surface area contributed by atoms with Crippen molar-refractivity contribution in [2.45, 2.75) is 99.8 Å². The van der Waals surface area contributed by atoms with Gasteiger partial charge in [0.1, 0.15) is 5.60 Å². The number of likely N-dealkylation sites (N-methyl/N-ethyl adjacent to an activating group) is 1. The summed E-state index contributed by atoms with van der Waals surface area (Å²) in [4.78, 5) is 68.0. The third-order valence-corrected chi connectivity index (χ3v) is 10.8. The van der Waals surface area contributed by atoms with Crippen molar-refractivity contribution in [2.75, 3.05) is 85.7 Å². The van der Waals surface area contributed by atoms with E-state index in [-0.39, 0.29) is 29.4 Å². The van der Waals surface area contributed by atoms with Gasteiger partial charge in [0.2, 0.25) is 46.8 Å². The van der Waals surface area contributed by atoms with Gasteiger partial charge in [0.05, 0.1) is 6.04 Å². The summed E-state index contributed by atoms with van der Waals surface area (Å²) < 4.78 is 5.49. The fourth-order valence-electron chi connectivity index (χ4n) is 7.29. The molecule has 0 bridgehead atoms. The predicted molar refractivity (Wildman–Crippen MR) is 272 cm³/mol. The number of benzene rings is 2. The van der Waals surface area contributed by atoms with Gasteiger partial charge >= 0.3 is 6.09 Å². The minimum atomic E-state index is -0.550. The van der Waals surface area contributed by atoms with Crippen molar-refractivity contribution in [3.05, 3.63) is 63.9 Å². The Hall–Kier alpha value is -6.12. The van der Waals surface area contributed by atoms with E-state index in [1.54, 1.807) is 35.2 Å². The number of halogens is 1. The molecule has 3 amide bonds. The first-order valence-corrected chi connectivity index (χ1v) is 23.5. The number of hydrogen-bond acceptors (Lipinski definition) is 17. The molecule has 2 aliphatic rings. The largest absolute Gasteiger partial charge is 0.444 e. The molecule has 2 aliphatic heterocycles. The van der Waals surface area contributed by atoms with Gasteiger partial charge in [-0.3, -0.25) is 9.59 Å². The van der Waals surface area contributed by atoms with E-state index in [0.717, 1.165) is 61.8 Å². The summed E-state index contributed by atoms with van der Waals surface area (Å²) in [6.07, 6.45) is 1.44. The summed E-state index contributed by atoms with van der Waals surface area (Å²) in [7, 11) is 3.94. The Morgan fingerprint density at radius 3 is 1.91 bits per heavy atom. The molecule has 2 aromatic heterocycles. The molecule has 21 heteroatoms. The average molecular weight is 962 g/mol.